The lowest BCUT2D eigenvalue weighted by atomic mass is 9.92. The molecule has 164 valence electrons. The topological polar surface area (TPSA) is 91.0 Å². The zero-order chi connectivity index (χ0) is 22.8. The second-order valence-electron chi connectivity index (χ2n) is 7.35. The quantitative estimate of drug-likeness (QED) is 0.614. The average Bonchev–Trinajstić information content (AvgIpc) is 2.95. The maximum absolute atomic E-state index is 13.0. The van der Waals surface area contributed by atoms with Gasteiger partial charge in [0.25, 0.3) is 11.8 Å². The Labute approximate surface area is 190 Å². The fourth-order valence-corrected chi connectivity index (χ4v) is 3.67. The summed E-state index contributed by atoms with van der Waals surface area (Å²) >= 11 is 12.2. The molecule has 0 bridgehead atoms. The smallest absolute Gasteiger partial charge is 0.344 e. The van der Waals surface area contributed by atoms with E-state index in [1.807, 2.05) is 0 Å². The molecule has 0 aliphatic carbocycles. The van der Waals surface area contributed by atoms with Gasteiger partial charge in [0, 0.05) is 6.54 Å². The third-order valence-corrected chi connectivity index (χ3v) is 5.82. The van der Waals surface area contributed by atoms with E-state index in [0.717, 1.165) is 5.56 Å². The molecule has 1 fully saturated rings. The summed E-state index contributed by atoms with van der Waals surface area (Å²) in [6.45, 7) is 1.85. The predicted molar refractivity (Wildman–Crippen MR) is 117 cm³/mol. The summed E-state index contributed by atoms with van der Waals surface area (Å²) in [6.07, 6.45) is 0. The minimum Gasteiger partial charge on any atom is -0.497 e. The SMILES string of the molecule is COc1cccc(C2(C)NC(=O)N(NC(=O)CN(C)Cc3cccc(Cl)c3Cl)C2=O)c1. The van der Waals surface area contributed by atoms with Gasteiger partial charge in [0.2, 0.25) is 0 Å². The molecule has 8 nitrogen and oxygen atoms in total. The summed E-state index contributed by atoms with van der Waals surface area (Å²) in [5, 5.41) is 4.17. The van der Waals surface area contributed by atoms with Crippen LogP contribution in [0.5, 0.6) is 5.75 Å². The molecule has 31 heavy (non-hydrogen) atoms. The van der Waals surface area contributed by atoms with Crippen molar-refractivity contribution in [3.63, 3.8) is 0 Å². The number of imide groups is 1. The Hall–Kier alpha value is -2.81. The first-order valence-corrected chi connectivity index (χ1v) is 10.1. The summed E-state index contributed by atoms with van der Waals surface area (Å²) in [6, 6.07) is 11.3. The lowest BCUT2D eigenvalue weighted by molar-refractivity contribution is -0.139. The molecule has 2 aromatic rings. The van der Waals surface area contributed by atoms with Crippen molar-refractivity contribution in [1.29, 1.82) is 0 Å². The average molecular weight is 465 g/mol. The lowest BCUT2D eigenvalue weighted by Gasteiger charge is -2.23. The number of carbonyl (C=O) groups excluding carboxylic acids is 3. The van der Waals surface area contributed by atoms with Gasteiger partial charge in [0.1, 0.15) is 11.3 Å². The molecule has 1 heterocycles. The van der Waals surface area contributed by atoms with Crippen LogP contribution >= 0.6 is 23.2 Å². The van der Waals surface area contributed by atoms with Crippen LogP contribution in [0.1, 0.15) is 18.1 Å². The zero-order valence-electron chi connectivity index (χ0n) is 17.2. The molecule has 1 aliphatic heterocycles. The Morgan fingerprint density at radius 1 is 1.23 bits per heavy atom. The Morgan fingerprint density at radius 3 is 2.65 bits per heavy atom. The number of amides is 4. The number of nitrogens with one attached hydrogen (secondary N) is 2. The highest BCUT2D eigenvalue weighted by Gasteiger charge is 2.50. The van der Waals surface area contributed by atoms with Crippen LogP contribution in [0.3, 0.4) is 0 Å². The number of methoxy groups -OCH3 is 1. The van der Waals surface area contributed by atoms with Gasteiger partial charge in [-0.1, -0.05) is 47.5 Å². The van der Waals surface area contributed by atoms with Crippen molar-refractivity contribution in [3.05, 3.63) is 63.6 Å². The van der Waals surface area contributed by atoms with E-state index in [4.69, 9.17) is 27.9 Å². The minimum absolute atomic E-state index is 0.0736. The van der Waals surface area contributed by atoms with Crippen LogP contribution in [-0.4, -0.2) is 48.5 Å². The summed E-state index contributed by atoms with van der Waals surface area (Å²) < 4.78 is 5.19. The van der Waals surface area contributed by atoms with Crippen molar-refractivity contribution < 1.29 is 19.1 Å². The molecule has 0 radical (unpaired) electrons. The number of rotatable bonds is 7. The highest BCUT2D eigenvalue weighted by Crippen LogP contribution is 2.30. The van der Waals surface area contributed by atoms with Crippen molar-refractivity contribution in [2.24, 2.45) is 0 Å². The van der Waals surface area contributed by atoms with E-state index < -0.39 is 23.4 Å². The number of hydrogen-bond donors (Lipinski definition) is 2. The first-order valence-electron chi connectivity index (χ1n) is 9.38. The molecule has 1 atom stereocenters. The number of likely N-dealkylation sites (N-methyl/N-ethyl adjacent to an activating group) is 1. The molecule has 1 aliphatic rings. The maximum Gasteiger partial charge on any atom is 0.344 e. The molecule has 1 unspecified atom stereocenters. The van der Waals surface area contributed by atoms with Crippen LogP contribution in [0.2, 0.25) is 10.0 Å². The van der Waals surface area contributed by atoms with Gasteiger partial charge in [0.15, 0.2) is 0 Å². The standard InChI is InChI=1S/C21H22Cl2N4O4/c1-21(14-7-5-8-15(10-14)31-3)19(29)27(20(30)24-21)25-17(28)12-26(2)11-13-6-4-9-16(22)18(13)23/h4-10H,11-12H2,1-3H3,(H,24,30)(H,25,28). The van der Waals surface area contributed by atoms with Crippen LogP contribution in [0, 0.1) is 0 Å². The summed E-state index contributed by atoms with van der Waals surface area (Å²) in [7, 11) is 3.22. The van der Waals surface area contributed by atoms with Gasteiger partial charge in [-0.25, -0.2) is 4.79 Å². The normalized spacial score (nSPS) is 18.3. The van der Waals surface area contributed by atoms with Crippen molar-refractivity contribution in [1.82, 2.24) is 20.7 Å². The van der Waals surface area contributed by atoms with Crippen molar-refractivity contribution >= 4 is 41.0 Å². The molecule has 0 saturated carbocycles. The largest absolute Gasteiger partial charge is 0.497 e. The Kier molecular flexibility index (Phi) is 6.74. The minimum atomic E-state index is -1.33. The highest BCUT2D eigenvalue weighted by atomic mass is 35.5. The number of hydrogen-bond acceptors (Lipinski definition) is 5. The number of carbonyl (C=O) groups is 3. The van der Waals surface area contributed by atoms with Gasteiger partial charge in [-0.2, -0.15) is 5.01 Å². The first-order chi connectivity index (χ1) is 14.7. The summed E-state index contributed by atoms with van der Waals surface area (Å²) in [5.41, 5.74) is 2.33. The van der Waals surface area contributed by atoms with Gasteiger partial charge in [-0.15, -0.1) is 0 Å². The Morgan fingerprint density at radius 2 is 1.94 bits per heavy atom. The zero-order valence-corrected chi connectivity index (χ0v) is 18.8. The molecule has 10 heteroatoms. The van der Waals surface area contributed by atoms with Gasteiger partial charge < -0.3 is 10.1 Å². The van der Waals surface area contributed by atoms with Crippen LogP contribution in [0.4, 0.5) is 4.79 Å². The predicted octanol–water partition coefficient (Wildman–Crippen LogP) is 2.93. The maximum atomic E-state index is 13.0. The molecule has 4 amide bonds. The number of halogens is 2. The number of benzene rings is 2. The summed E-state index contributed by atoms with van der Waals surface area (Å²) in [5.74, 6) is -0.580. The molecule has 0 spiro atoms. The Balaban J connectivity index is 1.66. The number of hydrazine groups is 1. The van der Waals surface area contributed by atoms with Gasteiger partial charge >= 0.3 is 6.03 Å². The van der Waals surface area contributed by atoms with Crippen molar-refractivity contribution in [2.75, 3.05) is 20.7 Å². The van der Waals surface area contributed by atoms with Crippen LogP contribution < -0.4 is 15.5 Å². The molecule has 1 saturated heterocycles. The molecular weight excluding hydrogens is 443 g/mol. The van der Waals surface area contributed by atoms with Crippen molar-refractivity contribution in [2.45, 2.75) is 19.0 Å². The van der Waals surface area contributed by atoms with E-state index >= 15 is 0 Å². The number of nitrogens with zero attached hydrogens (tertiary/aromatic N) is 2. The second kappa shape index (κ2) is 9.13. The van der Waals surface area contributed by atoms with E-state index in [9.17, 15) is 14.4 Å². The van der Waals surface area contributed by atoms with Crippen LogP contribution in [-0.2, 0) is 21.7 Å². The Bertz CT molecular complexity index is 1030. The van der Waals surface area contributed by atoms with E-state index in [2.05, 4.69) is 10.7 Å². The molecule has 0 aromatic heterocycles. The lowest BCUT2D eigenvalue weighted by Crippen LogP contribution is -2.50. The van der Waals surface area contributed by atoms with E-state index in [0.29, 0.717) is 32.9 Å². The molecule has 2 N–H and O–H groups in total. The van der Waals surface area contributed by atoms with E-state index in [1.54, 1.807) is 61.3 Å². The van der Waals surface area contributed by atoms with E-state index in [-0.39, 0.29) is 6.54 Å². The number of ether oxygens (including phenoxy) is 1. The van der Waals surface area contributed by atoms with Gasteiger partial charge in [-0.3, -0.25) is 19.9 Å². The molecular formula is C21H22Cl2N4O4. The third kappa shape index (κ3) is 4.76. The van der Waals surface area contributed by atoms with Crippen LogP contribution in [0.25, 0.3) is 0 Å². The molecule has 3 rings (SSSR count). The van der Waals surface area contributed by atoms with Gasteiger partial charge in [-0.05, 0) is 43.3 Å². The first kappa shape index (κ1) is 22.9. The van der Waals surface area contributed by atoms with Crippen LogP contribution in [0.15, 0.2) is 42.5 Å². The monoisotopic (exact) mass is 464 g/mol. The highest BCUT2D eigenvalue weighted by molar-refractivity contribution is 6.42. The fraction of sp³-hybridized carbons (Fsp3) is 0.286. The van der Waals surface area contributed by atoms with Gasteiger partial charge in [0.05, 0.1) is 23.7 Å². The second-order valence-corrected chi connectivity index (χ2v) is 8.13. The fourth-order valence-electron chi connectivity index (χ4n) is 3.29. The molecule has 2 aromatic carbocycles. The van der Waals surface area contributed by atoms with E-state index in [1.165, 1.54) is 7.11 Å². The number of urea groups is 1. The summed E-state index contributed by atoms with van der Waals surface area (Å²) in [4.78, 5) is 39.6. The third-order valence-electron chi connectivity index (χ3n) is 4.96. The van der Waals surface area contributed by atoms with Crippen molar-refractivity contribution in [3.8, 4) is 5.75 Å².